The zero-order chi connectivity index (χ0) is 11.6. The molecule has 16 heavy (non-hydrogen) atoms. The monoisotopic (exact) mass is 325 g/mol. The van der Waals surface area contributed by atoms with Crippen LogP contribution in [0.4, 0.5) is 0 Å². The second-order valence-corrected chi connectivity index (χ2v) is 12.5. The van der Waals surface area contributed by atoms with E-state index in [2.05, 4.69) is 44.2 Å². The molecule has 0 atom stereocenters. The molecule has 0 aromatic heterocycles. The van der Waals surface area contributed by atoms with E-state index >= 15 is 0 Å². The van der Waals surface area contributed by atoms with Gasteiger partial charge < -0.3 is 0 Å². The molecule has 0 N–H and O–H groups in total. The normalized spacial score (nSPS) is 10.9. The second kappa shape index (κ2) is 9.09. The van der Waals surface area contributed by atoms with Crippen LogP contribution in [-0.4, -0.2) is 19.8 Å². The third kappa shape index (κ3) is 5.38. The summed E-state index contributed by atoms with van der Waals surface area (Å²) >= 11 is -1.24. The molecule has 1 aromatic rings. The summed E-state index contributed by atoms with van der Waals surface area (Å²) in [5, 5.41) is 0. The van der Waals surface area contributed by atoms with Crippen LogP contribution in [0.5, 0.6) is 0 Å². The molecule has 0 bridgehead atoms. The fourth-order valence-electron chi connectivity index (χ4n) is 2.07. The quantitative estimate of drug-likeness (QED) is 0.492. The van der Waals surface area contributed by atoms with Crippen LogP contribution >= 0.6 is 0 Å². The van der Waals surface area contributed by atoms with Gasteiger partial charge in [0.05, 0.1) is 0 Å². The summed E-state index contributed by atoms with van der Waals surface area (Å²) in [7, 11) is 0. The van der Waals surface area contributed by atoms with Gasteiger partial charge in [0.1, 0.15) is 0 Å². The Hall–Kier alpha value is 0.0187. The molecular weight excluding hydrogens is 299 g/mol. The van der Waals surface area contributed by atoms with Crippen molar-refractivity contribution in [3.63, 3.8) is 0 Å². The standard InChI is InChI=1S/C6H5.C5H11.C4H9.Sn/c1-2-4-6-5-3-1;1-3-5-4-2;1-3-4-2;/h1-5H;1,3-5H2,2H3;1,3-4H2,2H3;. The van der Waals surface area contributed by atoms with Crippen LogP contribution in [0.2, 0.25) is 8.87 Å². The van der Waals surface area contributed by atoms with Crippen molar-refractivity contribution in [2.75, 3.05) is 0 Å². The van der Waals surface area contributed by atoms with Crippen molar-refractivity contribution in [3.05, 3.63) is 30.3 Å². The average Bonchev–Trinajstić information content (AvgIpc) is 2.35. The Morgan fingerprint density at radius 2 is 1.44 bits per heavy atom. The van der Waals surface area contributed by atoms with Gasteiger partial charge in [0.2, 0.25) is 0 Å². The van der Waals surface area contributed by atoms with E-state index in [1.807, 2.05) is 0 Å². The summed E-state index contributed by atoms with van der Waals surface area (Å²) in [6, 6.07) is 11.4. The molecule has 1 radical (unpaired) electrons. The van der Waals surface area contributed by atoms with Crippen molar-refractivity contribution < 1.29 is 0 Å². The summed E-state index contributed by atoms with van der Waals surface area (Å²) in [4.78, 5) is 0. The van der Waals surface area contributed by atoms with Crippen LogP contribution < -0.4 is 3.58 Å². The van der Waals surface area contributed by atoms with Crippen LogP contribution in [0.3, 0.4) is 0 Å². The van der Waals surface area contributed by atoms with Crippen molar-refractivity contribution in [1.29, 1.82) is 0 Å². The van der Waals surface area contributed by atoms with Crippen molar-refractivity contribution in [2.45, 2.75) is 54.8 Å². The van der Waals surface area contributed by atoms with Crippen LogP contribution in [0.25, 0.3) is 0 Å². The van der Waals surface area contributed by atoms with E-state index in [0.717, 1.165) is 0 Å². The van der Waals surface area contributed by atoms with Gasteiger partial charge in [-0.25, -0.2) is 0 Å². The van der Waals surface area contributed by atoms with E-state index in [-0.39, 0.29) is 0 Å². The van der Waals surface area contributed by atoms with Gasteiger partial charge in [-0.15, -0.1) is 0 Å². The minimum absolute atomic E-state index is 1.24. The maximum absolute atomic E-state index is 2.39. The summed E-state index contributed by atoms with van der Waals surface area (Å²) < 4.78 is 4.88. The molecule has 0 unspecified atom stereocenters. The van der Waals surface area contributed by atoms with Gasteiger partial charge in [-0.2, -0.15) is 0 Å². The van der Waals surface area contributed by atoms with Gasteiger partial charge in [-0.1, -0.05) is 0 Å². The third-order valence-electron chi connectivity index (χ3n) is 3.10. The fourth-order valence-corrected chi connectivity index (χ4v) is 10.5. The van der Waals surface area contributed by atoms with E-state index in [9.17, 15) is 0 Å². The van der Waals surface area contributed by atoms with E-state index < -0.39 is 19.8 Å². The van der Waals surface area contributed by atoms with Gasteiger partial charge in [0.25, 0.3) is 0 Å². The molecule has 1 heteroatoms. The number of unbranched alkanes of at least 4 members (excludes halogenated alkanes) is 3. The van der Waals surface area contributed by atoms with E-state index in [1.54, 1.807) is 12.5 Å². The number of rotatable bonds is 8. The first-order valence-electron chi connectivity index (χ1n) is 6.78. The molecular formula is C15H25Sn. The van der Waals surface area contributed by atoms with Gasteiger partial charge >= 0.3 is 108 Å². The zero-order valence-corrected chi connectivity index (χ0v) is 13.7. The van der Waals surface area contributed by atoms with E-state index in [4.69, 9.17) is 0 Å². The summed E-state index contributed by atoms with van der Waals surface area (Å²) in [6.45, 7) is 4.62. The maximum atomic E-state index is 2.39. The second-order valence-electron chi connectivity index (χ2n) is 4.53. The number of hydrogen-bond acceptors (Lipinski definition) is 0. The molecule has 0 heterocycles. The van der Waals surface area contributed by atoms with Crippen LogP contribution in [0.15, 0.2) is 30.3 Å². The predicted molar refractivity (Wildman–Crippen MR) is 75.9 cm³/mol. The summed E-state index contributed by atoms with van der Waals surface area (Å²) in [5.74, 6) is 0. The van der Waals surface area contributed by atoms with Crippen molar-refractivity contribution in [1.82, 2.24) is 0 Å². The Morgan fingerprint density at radius 3 is 2.06 bits per heavy atom. The molecule has 0 saturated carbocycles. The Bertz CT molecular complexity index is 255. The van der Waals surface area contributed by atoms with Gasteiger partial charge in [0.15, 0.2) is 0 Å². The molecule has 0 aliphatic heterocycles. The predicted octanol–water partition coefficient (Wildman–Crippen LogP) is 4.38. The molecule has 89 valence electrons. The van der Waals surface area contributed by atoms with Crippen molar-refractivity contribution >= 4 is 23.3 Å². The van der Waals surface area contributed by atoms with Crippen molar-refractivity contribution in [3.8, 4) is 0 Å². The molecule has 0 spiro atoms. The van der Waals surface area contributed by atoms with Crippen LogP contribution in [-0.2, 0) is 0 Å². The Kier molecular flexibility index (Phi) is 8.00. The Labute approximate surface area is 108 Å². The Morgan fingerprint density at radius 1 is 0.812 bits per heavy atom. The first-order chi connectivity index (χ1) is 7.88. The Balaban J connectivity index is 2.49. The average molecular weight is 324 g/mol. The van der Waals surface area contributed by atoms with E-state index in [1.165, 1.54) is 32.1 Å². The SMILES string of the molecule is CCCC[CH2][Sn]([CH2]CCC)[c]1ccccc1. The topological polar surface area (TPSA) is 0 Å². The first-order valence-corrected chi connectivity index (χ1v) is 12.2. The molecule has 0 nitrogen and oxygen atoms in total. The minimum atomic E-state index is -1.24. The summed E-state index contributed by atoms with van der Waals surface area (Å²) in [6.07, 6.45) is 7.09. The molecule has 1 aromatic carbocycles. The van der Waals surface area contributed by atoms with Gasteiger partial charge in [-0.3, -0.25) is 0 Å². The van der Waals surface area contributed by atoms with Crippen LogP contribution in [0.1, 0.15) is 46.0 Å². The zero-order valence-electron chi connectivity index (χ0n) is 10.8. The van der Waals surface area contributed by atoms with Crippen LogP contribution in [0, 0.1) is 0 Å². The number of benzene rings is 1. The molecule has 0 amide bonds. The molecule has 0 aliphatic carbocycles. The summed E-state index contributed by atoms with van der Waals surface area (Å²) in [5.41, 5.74) is 0. The van der Waals surface area contributed by atoms with Gasteiger partial charge in [0, 0.05) is 0 Å². The fraction of sp³-hybridized carbons (Fsp3) is 0.600. The molecule has 0 saturated heterocycles. The van der Waals surface area contributed by atoms with Crippen molar-refractivity contribution in [2.24, 2.45) is 0 Å². The van der Waals surface area contributed by atoms with Gasteiger partial charge in [-0.05, 0) is 0 Å². The first kappa shape index (κ1) is 14.1. The number of hydrogen-bond donors (Lipinski definition) is 0. The molecule has 1 rings (SSSR count). The molecule has 0 fully saturated rings. The molecule has 0 aliphatic rings. The van der Waals surface area contributed by atoms with E-state index in [0.29, 0.717) is 0 Å². The third-order valence-corrected chi connectivity index (χ3v) is 11.8.